The first-order valence-corrected chi connectivity index (χ1v) is 5.60. The van der Waals surface area contributed by atoms with E-state index < -0.39 is 0 Å². The summed E-state index contributed by atoms with van der Waals surface area (Å²) >= 11 is 6.01. The molecule has 0 aliphatic carbocycles. The summed E-state index contributed by atoms with van der Waals surface area (Å²) in [5, 5.41) is 4.46. The van der Waals surface area contributed by atoms with Crippen LogP contribution < -0.4 is 4.74 Å². The highest BCUT2D eigenvalue weighted by atomic mass is 35.5. The van der Waals surface area contributed by atoms with E-state index in [9.17, 15) is 0 Å². The second-order valence-corrected chi connectivity index (χ2v) is 4.31. The van der Waals surface area contributed by atoms with Gasteiger partial charge in [-0.2, -0.15) is 19.6 Å². The average molecular weight is 256 g/mol. The second-order valence-electron chi connectivity index (χ2n) is 3.96. The predicted molar refractivity (Wildman–Crippen MR) is 64.6 cm³/mol. The molecular weight excluding hydrogens is 242 g/mol. The van der Waals surface area contributed by atoms with E-state index in [1.165, 1.54) is 6.33 Å². The van der Waals surface area contributed by atoms with Crippen LogP contribution in [0, 0.1) is 6.92 Å². The zero-order valence-electron chi connectivity index (χ0n) is 10.0. The maximum Gasteiger partial charge on any atom is 0.256 e. The number of likely N-dealkylation sites (N-methyl/N-ethyl adjacent to an activating group) is 1. The zero-order valence-corrected chi connectivity index (χ0v) is 10.8. The Hall–Kier alpha value is -1.40. The van der Waals surface area contributed by atoms with E-state index in [0.717, 1.165) is 12.1 Å². The van der Waals surface area contributed by atoms with Crippen LogP contribution in [0.2, 0.25) is 5.15 Å². The first-order chi connectivity index (χ1) is 8.09. The molecule has 2 aromatic heterocycles. The quantitative estimate of drug-likeness (QED) is 0.764. The minimum Gasteiger partial charge on any atom is -0.476 e. The van der Waals surface area contributed by atoms with E-state index in [0.29, 0.717) is 23.4 Å². The Balaban J connectivity index is 2.30. The number of nitrogens with zero attached hydrogens (tertiary/aromatic N) is 5. The Morgan fingerprint density at radius 2 is 2.24 bits per heavy atom. The summed E-state index contributed by atoms with van der Waals surface area (Å²) in [6, 6.07) is 0. The first-order valence-electron chi connectivity index (χ1n) is 5.23. The fourth-order valence-corrected chi connectivity index (χ4v) is 1.52. The van der Waals surface area contributed by atoms with Crippen LogP contribution in [0.15, 0.2) is 6.33 Å². The highest BCUT2D eigenvalue weighted by Crippen LogP contribution is 2.23. The molecule has 0 N–H and O–H groups in total. The third kappa shape index (κ3) is 2.48. The monoisotopic (exact) mass is 255 g/mol. The number of ether oxygens (including phenoxy) is 1. The minimum absolute atomic E-state index is 0.394. The molecule has 7 heteroatoms. The van der Waals surface area contributed by atoms with Crippen molar-refractivity contribution in [1.82, 2.24) is 24.5 Å². The Labute approximate surface area is 104 Å². The third-order valence-corrected chi connectivity index (χ3v) is 2.70. The van der Waals surface area contributed by atoms with Crippen LogP contribution in [0.1, 0.15) is 5.56 Å². The molecular formula is C10H14ClN5O. The van der Waals surface area contributed by atoms with Gasteiger partial charge in [-0.25, -0.2) is 0 Å². The van der Waals surface area contributed by atoms with Crippen molar-refractivity contribution in [3.05, 3.63) is 17.0 Å². The van der Waals surface area contributed by atoms with Crippen molar-refractivity contribution in [2.75, 3.05) is 27.2 Å². The van der Waals surface area contributed by atoms with E-state index in [1.807, 2.05) is 25.9 Å². The largest absolute Gasteiger partial charge is 0.476 e. The van der Waals surface area contributed by atoms with Gasteiger partial charge in [-0.1, -0.05) is 11.6 Å². The van der Waals surface area contributed by atoms with E-state index in [1.54, 1.807) is 4.52 Å². The Morgan fingerprint density at radius 3 is 2.94 bits per heavy atom. The lowest BCUT2D eigenvalue weighted by molar-refractivity contribution is 0.247. The van der Waals surface area contributed by atoms with Crippen molar-refractivity contribution in [1.29, 1.82) is 0 Å². The summed E-state index contributed by atoms with van der Waals surface area (Å²) < 4.78 is 7.25. The van der Waals surface area contributed by atoms with Crippen LogP contribution in [0.3, 0.4) is 0 Å². The molecule has 0 radical (unpaired) electrons. The third-order valence-electron chi connectivity index (χ3n) is 2.33. The van der Waals surface area contributed by atoms with Gasteiger partial charge in [-0.3, -0.25) is 0 Å². The Morgan fingerprint density at radius 1 is 1.47 bits per heavy atom. The first kappa shape index (κ1) is 12.1. The van der Waals surface area contributed by atoms with E-state index in [2.05, 4.69) is 15.1 Å². The van der Waals surface area contributed by atoms with Gasteiger partial charge in [0.1, 0.15) is 18.1 Å². The van der Waals surface area contributed by atoms with Crippen LogP contribution in [0.4, 0.5) is 0 Å². The number of rotatable bonds is 4. The van der Waals surface area contributed by atoms with Gasteiger partial charge in [0.2, 0.25) is 5.88 Å². The standard InChI is InChI=1S/C10H14ClN5O/c1-7-8(11)14-10-12-6-13-16(10)9(7)17-5-4-15(2)3/h6H,4-5H2,1-3H3. The molecule has 0 aromatic carbocycles. The topological polar surface area (TPSA) is 55.6 Å². The summed E-state index contributed by atoms with van der Waals surface area (Å²) in [6.45, 7) is 3.22. The molecule has 0 amide bonds. The highest BCUT2D eigenvalue weighted by molar-refractivity contribution is 6.30. The maximum atomic E-state index is 6.01. The zero-order chi connectivity index (χ0) is 12.4. The van der Waals surface area contributed by atoms with Crippen molar-refractivity contribution in [2.45, 2.75) is 6.92 Å². The SMILES string of the molecule is Cc1c(Cl)nc2ncnn2c1OCCN(C)C. The molecule has 0 fully saturated rings. The van der Waals surface area contributed by atoms with Gasteiger partial charge >= 0.3 is 0 Å². The fourth-order valence-electron chi connectivity index (χ4n) is 1.37. The van der Waals surface area contributed by atoms with Gasteiger partial charge in [0.25, 0.3) is 5.78 Å². The van der Waals surface area contributed by atoms with Crippen LogP contribution >= 0.6 is 11.6 Å². The summed E-state index contributed by atoms with van der Waals surface area (Å²) in [4.78, 5) is 10.1. The van der Waals surface area contributed by atoms with Gasteiger partial charge in [-0.15, -0.1) is 0 Å². The average Bonchev–Trinajstić information content (AvgIpc) is 2.70. The van der Waals surface area contributed by atoms with E-state index >= 15 is 0 Å². The number of halogens is 1. The molecule has 0 bridgehead atoms. The number of aromatic nitrogens is 4. The number of hydrogen-bond acceptors (Lipinski definition) is 5. The van der Waals surface area contributed by atoms with E-state index in [4.69, 9.17) is 16.3 Å². The lowest BCUT2D eigenvalue weighted by Crippen LogP contribution is -2.20. The molecule has 0 saturated heterocycles. The molecule has 0 aliphatic heterocycles. The fraction of sp³-hybridized carbons (Fsp3) is 0.500. The maximum absolute atomic E-state index is 6.01. The summed E-state index contributed by atoms with van der Waals surface area (Å²) in [5.74, 6) is 1.04. The Kier molecular flexibility index (Phi) is 3.44. The molecule has 0 saturated carbocycles. The molecule has 0 aliphatic rings. The summed E-state index contributed by atoms with van der Waals surface area (Å²) in [5.41, 5.74) is 0.767. The predicted octanol–water partition coefficient (Wildman–Crippen LogP) is 1.03. The molecule has 2 heterocycles. The molecule has 6 nitrogen and oxygen atoms in total. The second kappa shape index (κ2) is 4.85. The minimum atomic E-state index is 0.394. The van der Waals surface area contributed by atoms with Crippen molar-refractivity contribution >= 4 is 17.4 Å². The van der Waals surface area contributed by atoms with Crippen molar-refractivity contribution in [2.24, 2.45) is 0 Å². The van der Waals surface area contributed by atoms with Crippen molar-refractivity contribution < 1.29 is 4.74 Å². The van der Waals surface area contributed by atoms with Crippen LogP contribution in [0.25, 0.3) is 5.78 Å². The molecule has 17 heavy (non-hydrogen) atoms. The molecule has 0 spiro atoms. The smallest absolute Gasteiger partial charge is 0.256 e. The normalized spacial score (nSPS) is 11.4. The van der Waals surface area contributed by atoms with Crippen LogP contribution in [-0.4, -0.2) is 51.7 Å². The molecule has 0 atom stereocenters. The van der Waals surface area contributed by atoms with Gasteiger partial charge in [0.05, 0.1) is 0 Å². The molecule has 2 rings (SSSR count). The number of fused-ring (bicyclic) bond motifs is 1. The Bertz CT molecular complexity index is 525. The molecule has 92 valence electrons. The molecule has 2 aromatic rings. The van der Waals surface area contributed by atoms with Crippen molar-refractivity contribution in [3.63, 3.8) is 0 Å². The van der Waals surface area contributed by atoms with Crippen LogP contribution in [-0.2, 0) is 0 Å². The van der Waals surface area contributed by atoms with Crippen LogP contribution in [0.5, 0.6) is 5.88 Å². The van der Waals surface area contributed by atoms with E-state index in [-0.39, 0.29) is 0 Å². The highest BCUT2D eigenvalue weighted by Gasteiger charge is 2.13. The summed E-state index contributed by atoms with van der Waals surface area (Å²) in [7, 11) is 3.97. The lowest BCUT2D eigenvalue weighted by atomic mass is 10.4. The van der Waals surface area contributed by atoms with Gasteiger partial charge in [-0.05, 0) is 21.0 Å². The van der Waals surface area contributed by atoms with Gasteiger partial charge in [0.15, 0.2) is 0 Å². The van der Waals surface area contributed by atoms with Gasteiger partial charge in [0, 0.05) is 12.1 Å². The van der Waals surface area contributed by atoms with Crippen molar-refractivity contribution in [3.8, 4) is 5.88 Å². The van der Waals surface area contributed by atoms with Gasteiger partial charge < -0.3 is 9.64 Å². The lowest BCUT2D eigenvalue weighted by Gasteiger charge is -2.13. The molecule has 0 unspecified atom stereocenters. The summed E-state index contributed by atoms with van der Waals surface area (Å²) in [6.07, 6.45) is 1.43. The number of hydrogen-bond donors (Lipinski definition) is 0.